The summed E-state index contributed by atoms with van der Waals surface area (Å²) in [4.78, 5) is 0. The lowest BCUT2D eigenvalue weighted by Crippen LogP contribution is -2.16. The van der Waals surface area contributed by atoms with Crippen molar-refractivity contribution < 1.29 is 18.3 Å². The van der Waals surface area contributed by atoms with Gasteiger partial charge in [0.25, 0.3) is 0 Å². The Kier molecular flexibility index (Phi) is 6.48. The number of hydrogen-bond acceptors (Lipinski definition) is 6. The number of aromatic nitrogens is 3. The van der Waals surface area contributed by atoms with Crippen LogP contribution in [0.5, 0.6) is 11.5 Å². The van der Waals surface area contributed by atoms with Crippen LogP contribution in [0.3, 0.4) is 0 Å². The summed E-state index contributed by atoms with van der Waals surface area (Å²) in [6.45, 7) is 0.626. The van der Waals surface area contributed by atoms with E-state index in [1.807, 2.05) is 0 Å². The first-order chi connectivity index (χ1) is 13.1. The van der Waals surface area contributed by atoms with E-state index >= 15 is 0 Å². The van der Waals surface area contributed by atoms with Crippen LogP contribution in [-0.2, 0) is 6.61 Å². The van der Waals surface area contributed by atoms with Gasteiger partial charge in [-0.3, -0.25) is 0 Å². The largest absolute Gasteiger partial charge is 0.494 e. The molecular formula is C18H18F2N4O2S. The van der Waals surface area contributed by atoms with Gasteiger partial charge in [0.1, 0.15) is 29.7 Å². The number of rotatable bonds is 9. The number of nitrogens with zero attached hydrogens (tertiary/aromatic N) is 3. The summed E-state index contributed by atoms with van der Waals surface area (Å²) < 4.78 is 38.1. The first-order valence-electron chi connectivity index (χ1n) is 8.21. The number of thioether (sulfide) groups is 1. The molecule has 0 aliphatic rings. The molecule has 27 heavy (non-hydrogen) atoms. The van der Waals surface area contributed by atoms with Crippen LogP contribution in [-0.4, -0.2) is 27.2 Å². The fourth-order valence-electron chi connectivity index (χ4n) is 2.13. The van der Waals surface area contributed by atoms with E-state index in [-0.39, 0.29) is 18.2 Å². The molecular weight excluding hydrogens is 374 g/mol. The zero-order valence-corrected chi connectivity index (χ0v) is 15.2. The summed E-state index contributed by atoms with van der Waals surface area (Å²) in [5, 5.41) is 8.60. The van der Waals surface area contributed by atoms with Gasteiger partial charge in [-0.25, -0.2) is 13.5 Å². The molecule has 0 spiro atoms. The van der Waals surface area contributed by atoms with Crippen LogP contribution in [0.25, 0.3) is 0 Å². The van der Waals surface area contributed by atoms with Gasteiger partial charge in [-0.15, -0.1) is 10.2 Å². The molecule has 9 heteroatoms. The lowest BCUT2D eigenvalue weighted by atomic mass is 10.3. The molecule has 0 bridgehead atoms. The van der Waals surface area contributed by atoms with Crippen molar-refractivity contribution in [3.63, 3.8) is 0 Å². The van der Waals surface area contributed by atoms with Crippen molar-refractivity contribution in [3.05, 3.63) is 66.0 Å². The molecule has 0 atom stereocenters. The Labute approximate surface area is 159 Å². The van der Waals surface area contributed by atoms with Gasteiger partial charge in [0, 0.05) is 5.75 Å². The Morgan fingerprint density at radius 3 is 2.11 bits per heavy atom. The number of halogens is 2. The second-order valence-corrected chi connectivity index (χ2v) is 6.58. The average Bonchev–Trinajstić information content (AvgIpc) is 3.02. The summed E-state index contributed by atoms with van der Waals surface area (Å²) >= 11 is 1.45. The summed E-state index contributed by atoms with van der Waals surface area (Å²) in [6.07, 6.45) is 0.760. The molecule has 1 aromatic heterocycles. The third kappa shape index (κ3) is 5.58. The number of benzene rings is 2. The standard InChI is InChI=1S/C18H18F2N4O2S/c19-13-2-6-15(7-3-13)25-10-1-11-27-18-23-22-17(24(18)21)12-26-16-8-4-14(20)5-9-16/h2-9H,1,10-12,21H2. The van der Waals surface area contributed by atoms with Gasteiger partial charge < -0.3 is 15.3 Å². The molecule has 0 saturated heterocycles. The average molecular weight is 392 g/mol. The molecule has 2 N–H and O–H groups in total. The maximum absolute atomic E-state index is 12.9. The number of hydrogen-bond donors (Lipinski definition) is 1. The van der Waals surface area contributed by atoms with Gasteiger partial charge in [0.15, 0.2) is 5.82 Å². The lowest BCUT2D eigenvalue weighted by Gasteiger charge is -2.07. The molecule has 142 valence electrons. The van der Waals surface area contributed by atoms with Gasteiger partial charge in [-0.05, 0) is 55.0 Å². The maximum Gasteiger partial charge on any atom is 0.209 e. The van der Waals surface area contributed by atoms with Crippen molar-refractivity contribution in [2.45, 2.75) is 18.2 Å². The minimum atomic E-state index is -0.327. The van der Waals surface area contributed by atoms with Crippen molar-refractivity contribution in [1.29, 1.82) is 0 Å². The van der Waals surface area contributed by atoms with Crippen molar-refractivity contribution in [2.75, 3.05) is 18.2 Å². The summed E-state index contributed by atoms with van der Waals surface area (Å²) in [6, 6.07) is 11.6. The van der Waals surface area contributed by atoms with E-state index in [9.17, 15) is 8.78 Å². The van der Waals surface area contributed by atoms with Gasteiger partial charge in [0.2, 0.25) is 5.16 Å². The minimum Gasteiger partial charge on any atom is -0.494 e. The molecule has 6 nitrogen and oxygen atoms in total. The fraction of sp³-hybridized carbons (Fsp3) is 0.222. The van der Waals surface area contributed by atoms with E-state index in [2.05, 4.69) is 10.2 Å². The monoisotopic (exact) mass is 392 g/mol. The van der Waals surface area contributed by atoms with E-state index in [0.717, 1.165) is 12.2 Å². The molecule has 2 aromatic carbocycles. The van der Waals surface area contributed by atoms with E-state index in [1.165, 1.54) is 52.8 Å². The molecule has 0 unspecified atom stereocenters. The van der Waals surface area contributed by atoms with Crippen LogP contribution < -0.4 is 15.3 Å². The maximum atomic E-state index is 12.9. The Hall–Kier alpha value is -2.81. The van der Waals surface area contributed by atoms with Crippen LogP contribution in [0, 0.1) is 11.6 Å². The highest BCUT2D eigenvalue weighted by Crippen LogP contribution is 2.18. The van der Waals surface area contributed by atoms with E-state index in [0.29, 0.717) is 29.1 Å². The van der Waals surface area contributed by atoms with Crippen molar-refractivity contribution >= 4 is 11.8 Å². The van der Waals surface area contributed by atoms with Gasteiger partial charge in [-0.1, -0.05) is 11.8 Å². The molecule has 0 fully saturated rings. The van der Waals surface area contributed by atoms with Gasteiger partial charge >= 0.3 is 0 Å². The summed E-state index contributed by atoms with van der Waals surface area (Å²) in [5.74, 6) is 7.70. The first-order valence-corrected chi connectivity index (χ1v) is 9.19. The van der Waals surface area contributed by atoms with Crippen molar-refractivity contribution in [2.24, 2.45) is 0 Å². The quantitative estimate of drug-likeness (QED) is 0.342. The lowest BCUT2D eigenvalue weighted by molar-refractivity contribution is 0.291. The Morgan fingerprint density at radius 1 is 0.889 bits per heavy atom. The topological polar surface area (TPSA) is 75.2 Å². The van der Waals surface area contributed by atoms with Gasteiger partial charge in [-0.2, -0.15) is 0 Å². The van der Waals surface area contributed by atoms with E-state index in [4.69, 9.17) is 15.3 Å². The minimum absolute atomic E-state index is 0.128. The highest BCUT2D eigenvalue weighted by Gasteiger charge is 2.11. The van der Waals surface area contributed by atoms with E-state index < -0.39 is 0 Å². The summed E-state index contributed by atoms with van der Waals surface area (Å²) in [5.41, 5.74) is 0. The van der Waals surface area contributed by atoms with Crippen molar-refractivity contribution in [1.82, 2.24) is 14.9 Å². The van der Waals surface area contributed by atoms with Crippen LogP contribution in [0.4, 0.5) is 8.78 Å². The Bertz CT molecular complexity index is 857. The predicted molar refractivity (Wildman–Crippen MR) is 98.1 cm³/mol. The molecule has 1 heterocycles. The Morgan fingerprint density at radius 2 is 1.48 bits per heavy atom. The molecule has 0 saturated carbocycles. The number of nitrogen functional groups attached to an aromatic ring is 1. The highest BCUT2D eigenvalue weighted by molar-refractivity contribution is 7.99. The molecule has 0 amide bonds. The van der Waals surface area contributed by atoms with Crippen molar-refractivity contribution in [3.8, 4) is 11.5 Å². The molecule has 0 radical (unpaired) electrons. The van der Waals surface area contributed by atoms with E-state index in [1.54, 1.807) is 12.1 Å². The number of nitrogens with two attached hydrogens (primary N) is 1. The molecule has 3 aromatic rings. The fourth-order valence-corrected chi connectivity index (χ4v) is 2.91. The van der Waals surface area contributed by atoms with Crippen LogP contribution >= 0.6 is 11.8 Å². The zero-order valence-electron chi connectivity index (χ0n) is 14.3. The first kappa shape index (κ1) is 19.0. The van der Waals surface area contributed by atoms with Gasteiger partial charge in [0.05, 0.1) is 6.61 Å². The zero-order chi connectivity index (χ0) is 19.1. The molecule has 0 aliphatic heterocycles. The second kappa shape index (κ2) is 9.22. The molecule has 0 aliphatic carbocycles. The summed E-state index contributed by atoms with van der Waals surface area (Å²) in [7, 11) is 0. The van der Waals surface area contributed by atoms with Crippen LogP contribution in [0.2, 0.25) is 0 Å². The van der Waals surface area contributed by atoms with Crippen LogP contribution in [0.1, 0.15) is 12.2 Å². The molecule has 3 rings (SSSR count). The SMILES string of the molecule is Nn1c(COc2ccc(F)cc2)nnc1SCCCOc1ccc(F)cc1. The third-order valence-electron chi connectivity index (χ3n) is 3.52. The smallest absolute Gasteiger partial charge is 0.209 e. The van der Waals surface area contributed by atoms with Crippen LogP contribution in [0.15, 0.2) is 53.7 Å². The normalized spacial score (nSPS) is 10.7. The highest BCUT2D eigenvalue weighted by atomic mass is 32.2. The Balaban J connectivity index is 1.40. The number of ether oxygens (including phenoxy) is 2. The third-order valence-corrected chi connectivity index (χ3v) is 4.55. The predicted octanol–water partition coefficient (Wildman–Crippen LogP) is 3.41. The second-order valence-electron chi connectivity index (χ2n) is 5.52.